The molecule has 0 aromatic carbocycles. The van der Waals surface area contributed by atoms with E-state index < -0.39 is 0 Å². The Hall–Kier alpha value is -0.970. The van der Waals surface area contributed by atoms with Crippen molar-refractivity contribution in [1.82, 2.24) is 14.7 Å². The van der Waals surface area contributed by atoms with Gasteiger partial charge in [0.25, 0.3) is 4.90 Å². The summed E-state index contributed by atoms with van der Waals surface area (Å²) in [6.45, 7) is 0. The third-order valence-corrected chi connectivity index (χ3v) is 1.40. The van der Waals surface area contributed by atoms with Crippen molar-refractivity contribution >= 4 is 21.9 Å². The molecule has 0 fully saturated rings. The molecule has 40 valence electrons. The number of aromatic nitrogens is 3. The van der Waals surface area contributed by atoms with E-state index in [0.717, 1.165) is 5.52 Å². The van der Waals surface area contributed by atoms with E-state index in [0.29, 0.717) is 4.90 Å². The Labute approximate surface area is 48.3 Å². The molecule has 8 heavy (non-hydrogen) atoms. The van der Waals surface area contributed by atoms with Gasteiger partial charge in [0.15, 0.2) is 5.52 Å². The summed E-state index contributed by atoms with van der Waals surface area (Å²) in [6.07, 6.45) is 1.54. The minimum atomic E-state index is 0.685. The van der Waals surface area contributed by atoms with Crippen molar-refractivity contribution in [2.24, 2.45) is 0 Å². The summed E-state index contributed by atoms with van der Waals surface area (Å²) in [5.41, 5.74) is 0.731. The fraction of sp³-hybridized carbons (Fsp3) is 0. The first-order valence-corrected chi connectivity index (χ1v) is 2.77. The van der Waals surface area contributed by atoms with Gasteiger partial charge in [0.2, 0.25) is 0 Å². The van der Waals surface area contributed by atoms with Crippen molar-refractivity contribution in [2.75, 3.05) is 0 Å². The molecule has 5 heteroatoms. The highest BCUT2D eigenvalue weighted by molar-refractivity contribution is 7.12. The van der Waals surface area contributed by atoms with E-state index >= 15 is 0 Å². The number of rotatable bonds is 0. The fourth-order valence-corrected chi connectivity index (χ4v) is 0.922. The maximum Gasteiger partial charge on any atom is 0.259 e. The summed E-state index contributed by atoms with van der Waals surface area (Å²) in [6, 6.07) is 0. The normalized spacial score (nSPS) is 10.5. The number of fused-ring (bicyclic) bond motifs is 1. The zero-order valence-electron chi connectivity index (χ0n) is 3.74. The molecule has 0 N–H and O–H groups in total. The van der Waals surface area contributed by atoms with Gasteiger partial charge in [-0.25, -0.2) is 0 Å². The molecule has 0 aliphatic rings. The predicted octanol–water partition coefficient (Wildman–Crippen LogP) is 0.679. The Morgan fingerprint density at radius 3 is 3.50 bits per heavy atom. The lowest BCUT2D eigenvalue weighted by Crippen LogP contribution is -1.59. The molecule has 0 atom stereocenters. The summed E-state index contributed by atoms with van der Waals surface area (Å²) in [4.78, 5) is 0.685. The standard InChI is InChI=1S/C3HN3OS/c1-2-3(7-4-1)8-6-5-2/h1H. The van der Waals surface area contributed by atoms with Gasteiger partial charge < -0.3 is 4.52 Å². The SMILES string of the molecule is c1noc2snnc12. The van der Waals surface area contributed by atoms with Crippen LogP contribution in [0, 0.1) is 0 Å². The van der Waals surface area contributed by atoms with Crippen LogP contribution >= 0.6 is 11.5 Å². The first-order valence-electron chi connectivity index (χ1n) is 1.99. The predicted molar refractivity (Wildman–Crippen MR) is 27.5 cm³/mol. The smallest absolute Gasteiger partial charge is 0.259 e. The van der Waals surface area contributed by atoms with Crippen LogP contribution in [0.4, 0.5) is 0 Å². The lowest BCUT2D eigenvalue weighted by atomic mass is 10.7. The lowest BCUT2D eigenvalue weighted by Gasteiger charge is -1.57. The van der Waals surface area contributed by atoms with E-state index in [1.54, 1.807) is 6.20 Å². The Balaban J connectivity index is 3.06. The Bertz CT molecular complexity index is 236. The Morgan fingerprint density at radius 1 is 1.62 bits per heavy atom. The Kier molecular flexibility index (Phi) is 0.621. The molecule has 2 aromatic rings. The maximum atomic E-state index is 4.70. The molecule has 0 radical (unpaired) electrons. The van der Waals surface area contributed by atoms with Crippen LogP contribution in [0.2, 0.25) is 0 Å². The molecule has 0 saturated heterocycles. The average molecular weight is 127 g/mol. The molecular formula is C3HN3OS. The van der Waals surface area contributed by atoms with E-state index in [9.17, 15) is 0 Å². The molecule has 4 nitrogen and oxygen atoms in total. The third-order valence-electron chi connectivity index (χ3n) is 0.792. The van der Waals surface area contributed by atoms with E-state index in [1.165, 1.54) is 11.5 Å². The van der Waals surface area contributed by atoms with E-state index in [-0.39, 0.29) is 0 Å². The topological polar surface area (TPSA) is 51.8 Å². The summed E-state index contributed by atoms with van der Waals surface area (Å²) in [7, 11) is 0. The van der Waals surface area contributed by atoms with Crippen LogP contribution in [-0.2, 0) is 0 Å². The van der Waals surface area contributed by atoms with Gasteiger partial charge in [-0.2, -0.15) is 0 Å². The molecule has 0 amide bonds. The van der Waals surface area contributed by atoms with Crippen LogP contribution < -0.4 is 0 Å². The van der Waals surface area contributed by atoms with Crippen molar-refractivity contribution in [2.45, 2.75) is 0 Å². The third kappa shape index (κ3) is 0.362. The maximum absolute atomic E-state index is 4.70. The van der Waals surface area contributed by atoms with Gasteiger partial charge >= 0.3 is 0 Å². The van der Waals surface area contributed by atoms with Crippen molar-refractivity contribution in [1.29, 1.82) is 0 Å². The molecule has 0 aliphatic heterocycles. The highest BCUT2D eigenvalue weighted by Crippen LogP contribution is 2.11. The summed E-state index contributed by atoms with van der Waals surface area (Å²) in [5.74, 6) is 0. The zero-order chi connectivity index (χ0) is 5.40. The highest BCUT2D eigenvalue weighted by Gasteiger charge is 1.98. The van der Waals surface area contributed by atoms with Gasteiger partial charge in [-0.1, -0.05) is 9.64 Å². The van der Waals surface area contributed by atoms with Gasteiger partial charge in [0.05, 0.1) is 6.20 Å². The number of hydrogen-bond acceptors (Lipinski definition) is 5. The first kappa shape index (κ1) is 3.96. The van der Waals surface area contributed by atoms with Crippen LogP contribution in [0.5, 0.6) is 0 Å². The minimum Gasteiger partial charge on any atom is -0.342 e. The molecule has 0 spiro atoms. The first-order chi connectivity index (χ1) is 3.97. The van der Waals surface area contributed by atoms with Crippen molar-refractivity contribution in [3.05, 3.63) is 6.20 Å². The van der Waals surface area contributed by atoms with Gasteiger partial charge in [0.1, 0.15) is 0 Å². The fourth-order valence-electron chi connectivity index (χ4n) is 0.455. The van der Waals surface area contributed by atoms with Crippen LogP contribution in [-0.4, -0.2) is 14.7 Å². The van der Waals surface area contributed by atoms with Crippen LogP contribution in [0.1, 0.15) is 0 Å². The zero-order valence-corrected chi connectivity index (χ0v) is 4.55. The molecule has 2 rings (SSSR count). The van der Waals surface area contributed by atoms with Gasteiger partial charge in [-0.15, -0.1) is 5.10 Å². The summed E-state index contributed by atoms with van der Waals surface area (Å²) >= 11 is 1.20. The quantitative estimate of drug-likeness (QED) is 0.522. The van der Waals surface area contributed by atoms with Crippen molar-refractivity contribution < 1.29 is 4.52 Å². The second-order valence-electron chi connectivity index (χ2n) is 1.27. The highest BCUT2D eigenvalue weighted by atomic mass is 32.1. The minimum absolute atomic E-state index is 0.685. The number of hydrogen-bond donors (Lipinski definition) is 0. The van der Waals surface area contributed by atoms with Crippen LogP contribution in [0.3, 0.4) is 0 Å². The second kappa shape index (κ2) is 1.25. The molecular weight excluding hydrogens is 126 g/mol. The van der Waals surface area contributed by atoms with E-state index in [2.05, 4.69) is 14.7 Å². The molecule has 2 aromatic heterocycles. The van der Waals surface area contributed by atoms with Crippen LogP contribution in [0.15, 0.2) is 10.7 Å². The number of nitrogens with zero attached hydrogens (tertiary/aromatic N) is 3. The van der Waals surface area contributed by atoms with Crippen molar-refractivity contribution in [3.8, 4) is 0 Å². The molecule has 0 bridgehead atoms. The molecule has 0 aliphatic carbocycles. The average Bonchev–Trinajstić information content (AvgIpc) is 2.15. The van der Waals surface area contributed by atoms with Gasteiger partial charge in [0, 0.05) is 11.5 Å². The lowest BCUT2D eigenvalue weighted by molar-refractivity contribution is 0.461. The summed E-state index contributed by atoms with van der Waals surface area (Å²) in [5, 5.41) is 7.19. The van der Waals surface area contributed by atoms with Crippen molar-refractivity contribution in [3.63, 3.8) is 0 Å². The monoisotopic (exact) mass is 127 g/mol. The Morgan fingerprint density at radius 2 is 2.62 bits per heavy atom. The van der Waals surface area contributed by atoms with Crippen LogP contribution in [0.25, 0.3) is 10.4 Å². The van der Waals surface area contributed by atoms with Gasteiger partial charge in [-0.05, 0) is 0 Å². The van der Waals surface area contributed by atoms with E-state index in [4.69, 9.17) is 4.52 Å². The van der Waals surface area contributed by atoms with Gasteiger partial charge in [-0.3, -0.25) is 0 Å². The van der Waals surface area contributed by atoms with E-state index in [1.807, 2.05) is 0 Å². The largest absolute Gasteiger partial charge is 0.342 e. The molecule has 0 unspecified atom stereocenters. The molecule has 0 saturated carbocycles. The molecule has 2 heterocycles. The summed E-state index contributed by atoms with van der Waals surface area (Å²) < 4.78 is 8.32. The second-order valence-corrected chi connectivity index (χ2v) is 1.99.